The molecule has 33 heavy (non-hydrogen) atoms. The number of aryl methyl sites for hydroxylation is 1. The molecule has 0 bridgehead atoms. The Balaban J connectivity index is 0.00000306. The molecule has 4 rings (SSSR count). The van der Waals surface area contributed by atoms with Gasteiger partial charge in [-0.2, -0.15) is 0 Å². The molecule has 0 aromatic heterocycles. The first-order valence-electron chi connectivity index (χ1n) is 11.8. The third-order valence-corrected chi connectivity index (χ3v) is 6.66. The Kier molecular flexibility index (Phi) is 9.39. The number of piperidine rings is 1. The van der Waals surface area contributed by atoms with Crippen LogP contribution in [0.4, 0.5) is 14.9 Å². The van der Waals surface area contributed by atoms with Crippen molar-refractivity contribution in [3.63, 3.8) is 0 Å². The minimum Gasteiger partial charge on any atom is -0.494 e. The number of halogens is 2. The van der Waals surface area contributed by atoms with Crippen molar-refractivity contribution >= 4 is 24.2 Å². The molecule has 180 valence electrons. The number of benzene rings is 2. The average Bonchev–Trinajstić information content (AvgIpc) is 2.80. The second-order valence-electron chi connectivity index (χ2n) is 8.93. The van der Waals surface area contributed by atoms with Gasteiger partial charge in [-0.25, -0.2) is 9.18 Å². The number of nitrogens with zero attached hydrogens (tertiary/aromatic N) is 1. The molecule has 0 spiro atoms. The summed E-state index contributed by atoms with van der Waals surface area (Å²) in [5, 5.41) is 2.87. The van der Waals surface area contributed by atoms with Gasteiger partial charge in [0.1, 0.15) is 17.7 Å². The second kappa shape index (κ2) is 12.2. The maximum absolute atomic E-state index is 13.0. The Labute approximate surface area is 202 Å². The highest BCUT2D eigenvalue weighted by Crippen LogP contribution is 2.37. The van der Waals surface area contributed by atoms with Crippen LogP contribution in [0.3, 0.4) is 0 Å². The van der Waals surface area contributed by atoms with Crippen LogP contribution >= 0.6 is 12.4 Å². The van der Waals surface area contributed by atoms with E-state index >= 15 is 0 Å². The van der Waals surface area contributed by atoms with Gasteiger partial charge in [-0.15, -0.1) is 12.4 Å². The van der Waals surface area contributed by atoms with Crippen LogP contribution in [-0.2, 0) is 4.74 Å². The molecule has 1 aliphatic carbocycles. The van der Waals surface area contributed by atoms with Crippen LogP contribution in [0.2, 0.25) is 0 Å². The predicted octanol–water partition coefficient (Wildman–Crippen LogP) is 6.21. The number of amides is 1. The maximum Gasteiger partial charge on any atom is 0.411 e. The normalized spacial score (nSPS) is 22.5. The van der Waals surface area contributed by atoms with Gasteiger partial charge in [0.05, 0.1) is 6.61 Å². The number of ether oxygens (including phenoxy) is 2. The molecule has 2 fully saturated rings. The fourth-order valence-electron chi connectivity index (χ4n) is 5.03. The molecular formula is C26H34ClFN2O3. The van der Waals surface area contributed by atoms with Crippen LogP contribution in [0.1, 0.15) is 44.1 Å². The summed E-state index contributed by atoms with van der Waals surface area (Å²) in [4.78, 5) is 15.1. The summed E-state index contributed by atoms with van der Waals surface area (Å²) < 4.78 is 24.7. The lowest BCUT2D eigenvalue weighted by Crippen LogP contribution is -2.54. The lowest BCUT2D eigenvalue weighted by molar-refractivity contribution is -0.0411. The predicted molar refractivity (Wildman–Crippen MR) is 131 cm³/mol. The molecule has 2 aromatic rings. The summed E-state index contributed by atoms with van der Waals surface area (Å²) in [5.74, 6) is 0.839. The quantitative estimate of drug-likeness (QED) is 0.483. The smallest absolute Gasteiger partial charge is 0.411 e. The summed E-state index contributed by atoms with van der Waals surface area (Å²) >= 11 is 0. The van der Waals surface area contributed by atoms with Gasteiger partial charge in [0.2, 0.25) is 0 Å². The summed E-state index contributed by atoms with van der Waals surface area (Å²) in [6.07, 6.45) is 6.08. The molecule has 1 saturated heterocycles. The third kappa shape index (κ3) is 7.08. The van der Waals surface area contributed by atoms with E-state index in [-0.39, 0.29) is 30.4 Å². The highest BCUT2D eigenvalue weighted by atomic mass is 35.5. The van der Waals surface area contributed by atoms with E-state index in [1.54, 1.807) is 12.1 Å². The first kappa shape index (κ1) is 25.3. The van der Waals surface area contributed by atoms with Gasteiger partial charge < -0.3 is 9.47 Å². The molecule has 1 aliphatic heterocycles. The van der Waals surface area contributed by atoms with Crippen molar-refractivity contribution in [2.45, 2.75) is 57.6 Å². The summed E-state index contributed by atoms with van der Waals surface area (Å²) in [7, 11) is 0. The lowest BCUT2D eigenvalue weighted by Gasteiger charge is -2.47. The summed E-state index contributed by atoms with van der Waals surface area (Å²) in [5.41, 5.74) is 1.92. The minimum atomic E-state index is -0.357. The largest absolute Gasteiger partial charge is 0.494 e. The molecule has 7 heteroatoms. The standard InChI is InChI=1S/C26H33FN2O3.ClH/c1-19-7-11-21(12-8-19)28-26(30)32-25-15-17-29(24-6-3-2-5-23(24)25)16-4-18-31-22-13-9-20(27)10-14-22;/h7-14,23-25H,2-6,15-18H2,1H3,(H,28,30);1H. The van der Waals surface area contributed by atoms with Gasteiger partial charge >= 0.3 is 6.09 Å². The Bertz CT molecular complexity index is 878. The fraction of sp³-hybridized carbons (Fsp3) is 0.500. The van der Waals surface area contributed by atoms with E-state index in [4.69, 9.17) is 9.47 Å². The highest BCUT2D eigenvalue weighted by Gasteiger charge is 2.40. The van der Waals surface area contributed by atoms with Crippen LogP contribution in [-0.4, -0.2) is 42.8 Å². The number of anilines is 1. The first-order chi connectivity index (χ1) is 15.6. The van der Waals surface area contributed by atoms with Crippen molar-refractivity contribution < 1.29 is 18.7 Å². The Morgan fingerprint density at radius 2 is 1.79 bits per heavy atom. The number of carbonyl (C=O) groups excluding carboxylic acids is 1. The van der Waals surface area contributed by atoms with Crippen molar-refractivity contribution in [1.82, 2.24) is 4.90 Å². The van der Waals surface area contributed by atoms with E-state index in [1.165, 1.54) is 25.0 Å². The zero-order chi connectivity index (χ0) is 22.3. The van der Waals surface area contributed by atoms with Gasteiger partial charge in [0.25, 0.3) is 0 Å². The van der Waals surface area contributed by atoms with Crippen LogP contribution < -0.4 is 10.1 Å². The van der Waals surface area contributed by atoms with E-state index in [2.05, 4.69) is 10.2 Å². The molecule has 2 aromatic carbocycles. The van der Waals surface area contributed by atoms with Crippen LogP contribution in [0, 0.1) is 18.7 Å². The van der Waals surface area contributed by atoms with Crippen molar-refractivity contribution in [3.8, 4) is 5.75 Å². The Morgan fingerprint density at radius 3 is 2.55 bits per heavy atom. The molecule has 1 saturated carbocycles. The number of hydrogen-bond donors (Lipinski definition) is 1. The SMILES string of the molecule is Cc1ccc(NC(=O)OC2CCN(CCCOc3ccc(F)cc3)C3CCCCC23)cc1.Cl. The van der Waals surface area contributed by atoms with E-state index in [0.717, 1.165) is 50.0 Å². The minimum absolute atomic E-state index is 0. The van der Waals surface area contributed by atoms with Crippen molar-refractivity contribution in [3.05, 3.63) is 59.9 Å². The van der Waals surface area contributed by atoms with Gasteiger partial charge in [-0.05, 0) is 69.0 Å². The lowest BCUT2D eigenvalue weighted by atomic mass is 9.76. The van der Waals surface area contributed by atoms with Crippen molar-refractivity contribution in [2.24, 2.45) is 5.92 Å². The zero-order valence-corrected chi connectivity index (χ0v) is 20.0. The monoisotopic (exact) mass is 476 g/mol. The maximum atomic E-state index is 13.0. The molecule has 0 radical (unpaired) electrons. The second-order valence-corrected chi connectivity index (χ2v) is 8.93. The van der Waals surface area contributed by atoms with Gasteiger partial charge in [-0.3, -0.25) is 10.2 Å². The topological polar surface area (TPSA) is 50.8 Å². The Hall–Kier alpha value is -2.31. The number of fused-ring (bicyclic) bond motifs is 1. The number of nitrogens with one attached hydrogen (secondary N) is 1. The van der Waals surface area contributed by atoms with Crippen LogP contribution in [0.5, 0.6) is 5.75 Å². The molecule has 3 atom stereocenters. The number of likely N-dealkylation sites (tertiary alicyclic amines) is 1. The van der Waals surface area contributed by atoms with E-state index in [0.29, 0.717) is 24.3 Å². The third-order valence-electron chi connectivity index (χ3n) is 6.66. The Morgan fingerprint density at radius 1 is 1.06 bits per heavy atom. The molecule has 5 nitrogen and oxygen atoms in total. The molecule has 3 unspecified atom stereocenters. The van der Waals surface area contributed by atoms with Crippen LogP contribution in [0.25, 0.3) is 0 Å². The van der Waals surface area contributed by atoms with E-state index < -0.39 is 0 Å². The van der Waals surface area contributed by atoms with Gasteiger partial charge in [0, 0.05) is 30.7 Å². The molecule has 1 N–H and O–H groups in total. The number of rotatable bonds is 7. The summed E-state index contributed by atoms with van der Waals surface area (Å²) in [6.45, 7) is 4.53. The average molecular weight is 477 g/mol. The number of carbonyl (C=O) groups is 1. The molecular weight excluding hydrogens is 443 g/mol. The molecule has 1 amide bonds. The van der Waals surface area contributed by atoms with Crippen LogP contribution in [0.15, 0.2) is 48.5 Å². The first-order valence-corrected chi connectivity index (χ1v) is 11.8. The van der Waals surface area contributed by atoms with Gasteiger partial charge in [-0.1, -0.05) is 30.5 Å². The fourth-order valence-corrected chi connectivity index (χ4v) is 5.03. The number of hydrogen-bond acceptors (Lipinski definition) is 4. The van der Waals surface area contributed by atoms with Gasteiger partial charge in [0.15, 0.2) is 0 Å². The zero-order valence-electron chi connectivity index (χ0n) is 19.2. The van der Waals surface area contributed by atoms with Crippen molar-refractivity contribution in [1.29, 1.82) is 0 Å². The summed E-state index contributed by atoms with van der Waals surface area (Å²) in [6, 6.07) is 14.4. The molecule has 1 heterocycles. The molecule has 2 aliphatic rings. The highest BCUT2D eigenvalue weighted by molar-refractivity contribution is 5.85. The van der Waals surface area contributed by atoms with E-state index in [9.17, 15) is 9.18 Å². The van der Waals surface area contributed by atoms with Crippen molar-refractivity contribution in [2.75, 3.05) is 25.0 Å². The van der Waals surface area contributed by atoms with E-state index in [1.807, 2.05) is 31.2 Å².